The summed E-state index contributed by atoms with van der Waals surface area (Å²) in [5, 5.41) is 3.27. The van der Waals surface area contributed by atoms with Crippen molar-refractivity contribution >= 4 is 5.91 Å². The number of hydrogen-bond donors (Lipinski definition) is 1. The average Bonchev–Trinajstić information content (AvgIpc) is 2.88. The van der Waals surface area contributed by atoms with E-state index in [0.29, 0.717) is 12.5 Å². The van der Waals surface area contributed by atoms with Gasteiger partial charge < -0.3 is 10.2 Å². The van der Waals surface area contributed by atoms with E-state index < -0.39 is 0 Å². The first-order chi connectivity index (χ1) is 9.08. The van der Waals surface area contributed by atoms with Gasteiger partial charge in [-0.3, -0.25) is 4.79 Å². The summed E-state index contributed by atoms with van der Waals surface area (Å²) in [4.78, 5) is 14.6. The lowest BCUT2D eigenvalue weighted by Crippen LogP contribution is -2.41. The van der Waals surface area contributed by atoms with E-state index in [0.717, 1.165) is 19.5 Å². The molecule has 0 saturated carbocycles. The maximum atomic E-state index is 12.6. The van der Waals surface area contributed by atoms with Crippen LogP contribution in [-0.2, 0) is 11.3 Å². The molecule has 0 aliphatic carbocycles. The molecule has 3 nitrogen and oxygen atoms in total. The third kappa shape index (κ3) is 3.57. The second-order valence-corrected chi connectivity index (χ2v) is 5.74. The monoisotopic (exact) mass is 260 g/mol. The largest absolute Gasteiger partial charge is 0.336 e. The Morgan fingerprint density at radius 1 is 1.47 bits per heavy atom. The van der Waals surface area contributed by atoms with Crippen LogP contribution in [0.15, 0.2) is 24.3 Å². The predicted molar refractivity (Wildman–Crippen MR) is 77.8 cm³/mol. The summed E-state index contributed by atoms with van der Waals surface area (Å²) in [6.07, 6.45) is 0.968. The minimum absolute atomic E-state index is 0.159. The van der Waals surface area contributed by atoms with E-state index in [1.165, 1.54) is 11.1 Å². The Morgan fingerprint density at radius 2 is 2.26 bits per heavy atom. The van der Waals surface area contributed by atoms with Gasteiger partial charge in [0, 0.05) is 19.1 Å². The van der Waals surface area contributed by atoms with Crippen LogP contribution in [0.2, 0.25) is 0 Å². The number of benzene rings is 1. The zero-order valence-corrected chi connectivity index (χ0v) is 12.1. The third-order valence-corrected chi connectivity index (χ3v) is 3.75. The molecule has 1 aromatic rings. The van der Waals surface area contributed by atoms with Gasteiger partial charge in [-0.15, -0.1) is 0 Å². The molecule has 2 rings (SSSR count). The van der Waals surface area contributed by atoms with Crippen LogP contribution >= 0.6 is 0 Å². The summed E-state index contributed by atoms with van der Waals surface area (Å²) in [6.45, 7) is 8.79. The van der Waals surface area contributed by atoms with E-state index in [9.17, 15) is 4.79 Å². The van der Waals surface area contributed by atoms with Crippen LogP contribution in [0.4, 0.5) is 0 Å². The second-order valence-electron chi connectivity index (χ2n) is 5.74. The molecule has 0 spiro atoms. The van der Waals surface area contributed by atoms with Crippen molar-refractivity contribution in [2.75, 3.05) is 13.1 Å². The van der Waals surface area contributed by atoms with Crippen molar-refractivity contribution in [1.82, 2.24) is 10.2 Å². The first kappa shape index (κ1) is 14.1. The van der Waals surface area contributed by atoms with Crippen LogP contribution in [0.5, 0.6) is 0 Å². The molecule has 0 radical (unpaired) electrons. The first-order valence-corrected chi connectivity index (χ1v) is 7.14. The molecular weight excluding hydrogens is 236 g/mol. The molecule has 1 aliphatic heterocycles. The fourth-order valence-corrected chi connectivity index (χ4v) is 2.62. The maximum absolute atomic E-state index is 12.6. The van der Waals surface area contributed by atoms with Gasteiger partial charge in [-0.05, 0) is 39.3 Å². The summed E-state index contributed by atoms with van der Waals surface area (Å²) < 4.78 is 0. The van der Waals surface area contributed by atoms with Crippen LogP contribution in [0.3, 0.4) is 0 Å². The van der Waals surface area contributed by atoms with Crippen LogP contribution in [0.25, 0.3) is 0 Å². The third-order valence-electron chi connectivity index (χ3n) is 3.75. The number of aryl methyl sites for hydroxylation is 1. The number of carbonyl (C=O) groups excluding carboxylic acids is 1. The van der Waals surface area contributed by atoms with Gasteiger partial charge >= 0.3 is 0 Å². The Morgan fingerprint density at radius 3 is 2.84 bits per heavy atom. The van der Waals surface area contributed by atoms with Gasteiger partial charge in [0.15, 0.2) is 0 Å². The molecule has 1 saturated heterocycles. The highest BCUT2D eigenvalue weighted by molar-refractivity contribution is 5.79. The van der Waals surface area contributed by atoms with Crippen molar-refractivity contribution in [3.63, 3.8) is 0 Å². The van der Waals surface area contributed by atoms with Gasteiger partial charge in [0.05, 0.1) is 5.92 Å². The highest BCUT2D eigenvalue weighted by Gasteiger charge is 2.28. The van der Waals surface area contributed by atoms with Gasteiger partial charge in [0.1, 0.15) is 0 Å². The van der Waals surface area contributed by atoms with Crippen molar-refractivity contribution in [2.24, 2.45) is 5.92 Å². The SMILES string of the molecule is Cc1cccc(CN(C(=O)[C@H]2CCNC2)C(C)C)c1. The first-order valence-electron chi connectivity index (χ1n) is 7.14. The second kappa shape index (κ2) is 6.20. The Hall–Kier alpha value is -1.35. The molecule has 0 aromatic heterocycles. The normalized spacial score (nSPS) is 18.8. The van der Waals surface area contributed by atoms with Gasteiger partial charge in [-0.1, -0.05) is 29.8 Å². The van der Waals surface area contributed by atoms with E-state index in [-0.39, 0.29) is 12.0 Å². The van der Waals surface area contributed by atoms with Crippen molar-refractivity contribution < 1.29 is 4.79 Å². The zero-order valence-electron chi connectivity index (χ0n) is 12.1. The molecule has 0 unspecified atom stereocenters. The van der Waals surface area contributed by atoms with Gasteiger partial charge in [0.25, 0.3) is 0 Å². The van der Waals surface area contributed by atoms with Gasteiger partial charge in [0.2, 0.25) is 5.91 Å². The Kier molecular flexibility index (Phi) is 4.59. The molecule has 1 fully saturated rings. The standard InChI is InChI=1S/C16H24N2O/c1-12(2)18(16(19)15-7-8-17-10-15)11-14-6-4-5-13(3)9-14/h4-6,9,12,15,17H,7-8,10-11H2,1-3H3/t15-/m0/s1. The molecule has 3 heteroatoms. The molecule has 104 valence electrons. The number of amides is 1. The van der Waals surface area contributed by atoms with E-state index in [2.05, 4.69) is 50.4 Å². The Balaban J connectivity index is 2.09. The summed E-state index contributed by atoms with van der Waals surface area (Å²) in [7, 11) is 0. The zero-order chi connectivity index (χ0) is 13.8. The van der Waals surface area contributed by atoms with Crippen LogP contribution < -0.4 is 5.32 Å². The summed E-state index contributed by atoms with van der Waals surface area (Å²) >= 11 is 0. The molecule has 19 heavy (non-hydrogen) atoms. The molecule has 1 amide bonds. The van der Waals surface area contributed by atoms with Crippen molar-refractivity contribution in [2.45, 2.75) is 39.8 Å². The summed E-state index contributed by atoms with van der Waals surface area (Å²) in [5.41, 5.74) is 2.46. The smallest absolute Gasteiger partial charge is 0.227 e. The predicted octanol–water partition coefficient (Wildman–Crippen LogP) is 2.34. The number of hydrogen-bond acceptors (Lipinski definition) is 2. The van der Waals surface area contributed by atoms with Crippen molar-refractivity contribution in [3.05, 3.63) is 35.4 Å². The van der Waals surface area contributed by atoms with Gasteiger partial charge in [-0.25, -0.2) is 0 Å². The van der Waals surface area contributed by atoms with E-state index >= 15 is 0 Å². The quantitative estimate of drug-likeness (QED) is 0.901. The van der Waals surface area contributed by atoms with E-state index in [4.69, 9.17) is 0 Å². The number of carbonyl (C=O) groups is 1. The molecule has 1 aliphatic rings. The number of rotatable bonds is 4. The van der Waals surface area contributed by atoms with Crippen LogP contribution in [0.1, 0.15) is 31.4 Å². The Bertz CT molecular complexity index is 436. The van der Waals surface area contributed by atoms with Crippen molar-refractivity contribution in [1.29, 1.82) is 0 Å². The Labute approximate surface area is 116 Å². The molecule has 1 aromatic carbocycles. The summed E-state index contributed by atoms with van der Waals surface area (Å²) in [6, 6.07) is 8.66. The highest BCUT2D eigenvalue weighted by Crippen LogP contribution is 2.17. The lowest BCUT2D eigenvalue weighted by atomic mass is 10.0. The fraction of sp³-hybridized carbons (Fsp3) is 0.562. The van der Waals surface area contributed by atoms with Gasteiger partial charge in [-0.2, -0.15) is 0 Å². The number of nitrogens with one attached hydrogen (secondary N) is 1. The highest BCUT2D eigenvalue weighted by atomic mass is 16.2. The maximum Gasteiger partial charge on any atom is 0.227 e. The topological polar surface area (TPSA) is 32.3 Å². The molecule has 1 heterocycles. The fourth-order valence-electron chi connectivity index (χ4n) is 2.62. The molecule has 1 atom stereocenters. The molecule has 0 bridgehead atoms. The minimum atomic E-state index is 0.159. The summed E-state index contributed by atoms with van der Waals surface area (Å²) in [5.74, 6) is 0.453. The lowest BCUT2D eigenvalue weighted by molar-refractivity contribution is -0.137. The molecule has 1 N–H and O–H groups in total. The average molecular weight is 260 g/mol. The minimum Gasteiger partial charge on any atom is -0.336 e. The lowest BCUT2D eigenvalue weighted by Gasteiger charge is -2.29. The number of nitrogens with zero attached hydrogens (tertiary/aromatic N) is 1. The van der Waals surface area contributed by atoms with Crippen LogP contribution in [-0.4, -0.2) is 29.9 Å². The molecular formula is C16H24N2O. The van der Waals surface area contributed by atoms with E-state index in [1.54, 1.807) is 0 Å². The van der Waals surface area contributed by atoms with Crippen LogP contribution in [0, 0.1) is 12.8 Å². The van der Waals surface area contributed by atoms with Crippen molar-refractivity contribution in [3.8, 4) is 0 Å². The van der Waals surface area contributed by atoms with E-state index in [1.807, 2.05) is 4.90 Å².